The minimum absolute atomic E-state index is 0.0197. The number of phenolic OH excluding ortho intramolecular Hbond substituents is 1. The van der Waals surface area contributed by atoms with E-state index in [2.05, 4.69) is 57.8 Å². The lowest BCUT2D eigenvalue weighted by atomic mass is 9.99. The highest BCUT2D eigenvalue weighted by atomic mass is 16.4. The standard InChI is InChI=1S/C62H84N16O16/c1-33(2)52(77-57(90)43(22-24-51(84)85)71-56(89)42(21-23-49(63)82)72-58(91)45(28-35-11-5-4-6-12-35)74-60(93)48-16-10-26-78(48)34(3)80)61(94)75-46(29-37-30-68-40-14-8-7-13-39(37)40)54(87)69-31-50(83)70-41(15-9-25-67-62(65)66)55(88)76-47(32-79)59(92)73-44(53(64)86)27-36-17-19-38(81)20-18-36/h4-8,11-14,17-20,30,33,41-48,52,68,79,81H,9-10,15-16,21-29,31-32H2,1-3H3,(H2,63,82)(H2,64,86)(H,69,87)(H,70,83)(H,71,89)(H,72,91)(H,73,92)(H,74,93)(H,75,94)(H,76,88)(H,77,90)(H,84,85)(H4,65,66,67)/t41-,42-,43-,44-,45-,46-,47-,48-,52-/m0/s1. The molecule has 4 aromatic rings. The second-order valence-electron chi connectivity index (χ2n) is 22.9. The second kappa shape index (κ2) is 36.4. The van der Waals surface area contributed by atoms with Crippen LogP contribution >= 0.6 is 0 Å². The summed E-state index contributed by atoms with van der Waals surface area (Å²) in [4.78, 5) is 184. The highest BCUT2D eigenvalue weighted by Crippen LogP contribution is 2.21. The fourth-order valence-corrected chi connectivity index (χ4v) is 10.3. The van der Waals surface area contributed by atoms with Crippen molar-refractivity contribution in [1.29, 1.82) is 0 Å². The van der Waals surface area contributed by atoms with E-state index in [0.717, 1.165) is 0 Å². The SMILES string of the molecule is CC(=O)N1CCC[C@H]1C(=O)N[C@@H](Cc1ccccc1)C(=O)N[C@@H](CCC(N)=O)C(=O)N[C@@H](CCC(=O)O)C(=O)N[C@H](C(=O)N[C@@H](Cc1c[nH]c2ccccc12)C(=O)NCC(=O)N[C@@H](CCCN=C(N)N)C(=O)N[C@@H](CO)C(=O)N[C@@H](Cc1ccc(O)cc1)C(N)=O)C(C)C. The monoisotopic (exact) mass is 1310 g/mol. The van der Waals surface area contributed by atoms with Gasteiger partial charge in [-0.1, -0.05) is 74.5 Å². The fraction of sp³-hybridized carbons (Fsp3) is 0.452. The highest BCUT2D eigenvalue weighted by Gasteiger charge is 2.38. The van der Waals surface area contributed by atoms with Crippen LogP contribution in [-0.2, 0) is 81.6 Å². The molecule has 0 aliphatic carbocycles. The average Bonchev–Trinajstić information content (AvgIpc) is 1.63. The number of aliphatic hydroxyl groups excluding tert-OH is 1. The number of aromatic hydroxyl groups is 1. The molecule has 94 heavy (non-hydrogen) atoms. The first kappa shape index (κ1) is 74.1. The lowest BCUT2D eigenvalue weighted by Crippen LogP contribution is -2.61. The molecule has 1 fully saturated rings. The number of hydrogen-bond donors (Lipinski definition) is 17. The number of carboxylic acid groups (broad SMARTS) is 1. The Morgan fingerprint density at radius 2 is 1.15 bits per heavy atom. The number of carboxylic acids is 1. The summed E-state index contributed by atoms with van der Waals surface area (Å²) in [6.07, 6.45) is -0.247. The molecule has 32 nitrogen and oxygen atoms in total. The van der Waals surface area contributed by atoms with E-state index in [4.69, 9.17) is 22.9 Å². The van der Waals surface area contributed by atoms with Gasteiger partial charge in [-0.2, -0.15) is 0 Å². The smallest absolute Gasteiger partial charge is 0.303 e. The van der Waals surface area contributed by atoms with Gasteiger partial charge in [-0.3, -0.25) is 67.3 Å². The number of para-hydroxylation sites is 1. The van der Waals surface area contributed by atoms with Crippen LogP contribution in [0.1, 0.15) is 88.8 Å². The molecule has 0 bridgehead atoms. The molecule has 1 aliphatic rings. The number of amides is 12. The van der Waals surface area contributed by atoms with E-state index in [1.165, 1.54) is 49.9 Å². The number of aliphatic hydroxyl groups is 1. The number of rotatable bonds is 37. The number of aromatic nitrogens is 1. The number of H-pyrrole nitrogens is 1. The maximum atomic E-state index is 14.5. The molecule has 1 aromatic heterocycles. The number of phenols is 1. The summed E-state index contributed by atoms with van der Waals surface area (Å²) in [7, 11) is 0. The van der Waals surface area contributed by atoms with E-state index in [1.807, 2.05) is 0 Å². The summed E-state index contributed by atoms with van der Waals surface area (Å²) in [5, 5.41) is 52.8. The Morgan fingerprint density at radius 3 is 1.76 bits per heavy atom. The van der Waals surface area contributed by atoms with Gasteiger partial charge in [0.25, 0.3) is 0 Å². The number of aromatic amines is 1. The number of primary amides is 2. The van der Waals surface area contributed by atoms with E-state index >= 15 is 0 Å². The number of nitrogens with two attached hydrogens (primary N) is 4. The Hall–Kier alpha value is -10.7. The lowest BCUT2D eigenvalue weighted by Gasteiger charge is -2.29. The van der Waals surface area contributed by atoms with E-state index in [-0.39, 0.29) is 56.3 Å². The number of likely N-dealkylation sites (tertiary alicyclic amines) is 1. The van der Waals surface area contributed by atoms with E-state index < -0.39 is 170 Å². The van der Waals surface area contributed by atoms with Crippen LogP contribution in [0.25, 0.3) is 10.9 Å². The van der Waals surface area contributed by atoms with Gasteiger partial charge >= 0.3 is 5.97 Å². The average molecular weight is 1310 g/mol. The number of fused-ring (bicyclic) bond motifs is 1. The molecule has 32 heteroatoms. The number of hydrogen-bond acceptors (Lipinski definition) is 16. The summed E-state index contributed by atoms with van der Waals surface area (Å²) >= 11 is 0. The normalized spacial score (nSPS) is 15.2. The van der Waals surface area contributed by atoms with Crippen LogP contribution in [0.5, 0.6) is 5.75 Å². The van der Waals surface area contributed by atoms with Gasteiger partial charge in [-0.25, -0.2) is 0 Å². The minimum atomic E-state index is -1.73. The Labute approximate surface area is 540 Å². The molecule has 9 atom stereocenters. The first-order valence-electron chi connectivity index (χ1n) is 30.4. The van der Waals surface area contributed by atoms with Crippen molar-refractivity contribution in [2.24, 2.45) is 33.8 Å². The van der Waals surface area contributed by atoms with Crippen LogP contribution < -0.4 is 70.8 Å². The van der Waals surface area contributed by atoms with Gasteiger partial charge in [-0.05, 0) is 79.3 Å². The van der Waals surface area contributed by atoms with Crippen molar-refractivity contribution in [2.75, 3.05) is 26.2 Å². The third-order valence-corrected chi connectivity index (χ3v) is 15.3. The van der Waals surface area contributed by atoms with Crippen molar-refractivity contribution in [3.63, 3.8) is 0 Å². The molecule has 508 valence electrons. The molecule has 2 heterocycles. The predicted molar refractivity (Wildman–Crippen MR) is 339 cm³/mol. The minimum Gasteiger partial charge on any atom is -0.508 e. The van der Waals surface area contributed by atoms with Gasteiger partial charge in [0.15, 0.2) is 5.96 Å². The van der Waals surface area contributed by atoms with Crippen LogP contribution in [-0.4, -0.2) is 189 Å². The largest absolute Gasteiger partial charge is 0.508 e. The third kappa shape index (κ3) is 23.5. The van der Waals surface area contributed by atoms with Crippen LogP contribution in [0.4, 0.5) is 0 Å². The first-order valence-corrected chi connectivity index (χ1v) is 30.4. The molecule has 5 rings (SSSR count). The second-order valence-corrected chi connectivity index (χ2v) is 22.9. The number of aliphatic imine (C=N–C) groups is 1. The number of guanidine groups is 1. The zero-order valence-electron chi connectivity index (χ0n) is 52.3. The van der Waals surface area contributed by atoms with Gasteiger partial charge in [0.2, 0.25) is 70.9 Å². The fourth-order valence-electron chi connectivity index (χ4n) is 10.3. The number of carbonyl (C=O) groups is 13. The summed E-state index contributed by atoms with van der Waals surface area (Å²) in [5.41, 5.74) is 24.2. The molecule has 21 N–H and O–H groups in total. The van der Waals surface area contributed by atoms with Crippen molar-refractivity contribution in [2.45, 2.75) is 146 Å². The van der Waals surface area contributed by atoms with Crippen molar-refractivity contribution < 1.29 is 77.6 Å². The summed E-state index contributed by atoms with van der Waals surface area (Å²) in [6.45, 7) is 2.89. The van der Waals surface area contributed by atoms with Gasteiger partial charge in [0.1, 0.15) is 60.1 Å². The van der Waals surface area contributed by atoms with Crippen LogP contribution in [0, 0.1) is 5.92 Å². The zero-order valence-corrected chi connectivity index (χ0v) is 52.3. The maximum Gasteiger partial charge on any atom is 0.303 e. The zero-order chi connectivity index (χ0) is 69.2. The van der Waals surface area contributed by atoms with Crippen molar-refractivity contribution in [1.82, 2.24) is 57.7 Å². The highest BCUT2D eigenvalue weighted by molar-refractivity contribution is 5.99. The van der Waals surface area contributed by atoms with E-state index in [0.29, 0.717) is 47.0 Å². The number of nitrogens with one attached hydrogen (secondary N) is 10. The molecule has 1 aliphatic heterocycles. The molecule has 3 aromatic carbocycles. The van der Waals surface area contributed by atoms with E-state index in [9.17, 15) is 77.6 Å². The van der Waals surface area contributed by atoms with Gasteiger partial charge in [0, 0.05) is 69.2 Å². The molecule has 1 saturated heterocycles. The Kier molecular flexibility index (Phi) is 28.7. The Bertz CT molecular complexity index is 3380. The number of benzene rings is 3. The van der Waals surface area contributed by atoms with Crippen molar-refractivity contribution >= 4 is 93.7 Å². The Balaban J connectivity index is 1.34. The first-order chi connectivity index (χ1) is 44.6. The summed E-state index contributed by atoms with van der Waals surface area (Å²) in [6, 6.07) is 8.12. The molecule has 12 amide bonds. The molecule has 0 radical (unpaired) electrons. The summed E-state index contributed by atoms with van der Waals surface area (Å²) in [5.74, 6) is -13.2. The topological polar surface area (TPSA) is 526 Å². The van der Waals surface area contributed by atoms with E-state index in [1.54, 1.807) is 60.8 Å². The molecular formula is C62H84N16O16. The third-order valence-electron chi connectivity index (χ3n) is 15.3. The molecular weight excluding hydrogens is 1220 g/mol. The van der Waals surface area contributed by atoms with Crippen LogP contribution in [0.3, 0.4) is 0 Å². The molecule has 0 spiro atoms. The predicted octanol–water partition coefficient (Wildman–Crippen LogP) is -3.78. The lowest BCUT2D eigenvalue weighted by molar-refractivity contribution is -0.139. The number of nitrogens with zero attached hydrogens (tertiary/aromatic N) is 2. The van der Waals surface area contributed by atoms with Crippen molar-refractivity contribution in [3.8, 4) is 5.75 Å². The maximum absolute atomic E-state index is 14.5. The van der Waals surface area contributed by atoms with Crippen LogP contribution in [0.2, 0.25) is 0 Å². The summed E-state index contributed by atoms with van der Waals surface area (Å²) < 4.78 is 0. The van der Waals surface area contributed by atoms with Crippen LogP contribution in [0.15, 0.2) is 90.1 Å². The van der Waals surface area contributed by atoms with Gasteiger partial charge < -0.3 is 96.0 Å². The quantitative estimate of drug-likeness (QED) is 0.0117. The van der Waals surface area contributed by atoms with Crippen molar-refractivity contribution in [3.05, 3.63) is 102 Å². The number of aliphatic carboxylic acids is 1. The Morgan fingerprint density at radius 1 is 0.606 bits per heavy atom. The molecule has 0 unspecified atom stereocenters. The van der Waals surface area contributed by atoms with Gasteiger partial charge in [0.05, 0.1) is 13.2 Å². The number of carbonyl (C=O) groups excluding carboxylic acids is 12. The molecule has 0 saturated carbocycles. The van der Waals surface area contributed by atoms with Gasteiger partial charge in [-0.15, -0.1) is 0 Å².